The molecule has 28 heavy (non-hydrogen) atoms. The van der Waals surface area contributed by atoms with Crippen molar-refractivity contribution < 1.29 is 14.3 Å². The first-order chi connectivity index (χ1) is 13.3. The topological polar surface area (TPSA) is 46.6 Å². The molecule has 1 aliphatic rings. The van der Waals surface area contributed by atoms with Crippen LogP contribution in [0.2, 0.25) is 10.0 Å². The van der Waals surface area contributed by atoms with E-state index in [0.717, 1.165) is 35.8 Å². The third-order valence-electron chi connectivity index (χ3n) is 3.81. The van der Waals surface area contributed by atoms with Gasteiger partial charge in [-0.2, -0.15) is 0 Å². The Morgan fingerprint density at radius 3 is 2.39 bits per heavy atom. The molecule has 1 heterocycles. The van der Waals surface area contributed by atoms with Gasteiger partial charge in [-0.15, -0.1) is 0 Å². The maximum atomic E-state index is 12.7. The molecule has 0 bridgehead atoms. The van der Waals surface area contributed by atoms with E-state index in [2.05, 4.69) is 45.2 Å². The van der Waals surface area contributed by atoms with E-state index in [4.69, 9.17) is 27.9 Å². The molecule has 0 saturated carbocycles. The van der Waals surface area contributed by atoms with Gasteiger partial charge in [0.15, 0.2) is 0 Å². The van der Waals surface area contributed by atoms with Crippen LogP contribution < -0.4 is 4.74 Å². The molecule has 146 valence electrons. The van der Waals surface area contributed by atoms with Crippen molar-refractivity contribution in [3.63, 3.8) is 0 Å². The Bertz CT molecular complexity index is 974. The van der Waals surface area contributed by atoms with Crippen LogP contribution in [-0.2, 0) is 11.3 Å². The van der Waals surface area contributed by atoms with Crippen LogP contribution in [-0.4, -0.2) is 22.7 Å². The Morgan fingerprint density at radius 2 is 1.79 bits per heavy atom. The second kappa shape index (κ2) is 9.55. The summed E-state index contributed by atoms with van der Waals surface area (Å²) in [4.78, 5) is 26.7. The molecule has 4 nitrogen and oxygen atoms in total. The molecule has 0 radical (unpaired) electrons. The number of ether oxygens (including phenoxy) is 1. The highest BCUT2D eigenvalue weighted by molar-refractivity contribution is 14.1. The van der Waals surface area contributed by atoms with Gasteiger partial charge in [-0.25, -0.2) is 0 Å². The van der Waals surface area contributed by atoms with Gasteiger partial charge < -0.3 is 4.74 Å². The smallest absolute Gasteiger partial charge is 0.293 e. The summed E-state index contributed by atoms with van der Waals surface area (Å²) in [5.74, 6) is 0.508. The van der Waals surface area contributed by atoms with Gasteiger partial charge in [-0.1, -0.05) is 29.3 Å². The Kier molecular flexibility index (Phi) is 7.57. The molecule has 2 aromatic rings. The molecule has 1 saturated heterocycles. The summed E-state index contributed by atoms with van der Waals surface area (Å²) in [7, 11) is 0. The quantitative estimate of drug-likeness (QED) is 0.261. The van der Waals surface area contributed by atoms with E-state index in [9.17, 15) is 9.59 Å². The van der Waals surface area contributed by atoms with Gasteiger partial charge in [0.1, 0.15) is 5.75 Å². The number of halogens is 4. The Morgan fingerprint density at radius 1 is 1.11 bits per heavy atom. The summed E-state index contributed by atoms with van der Waals surface area (Å²) in [6.07, 6.45) is 1.74. The van der Waals surface area contributed by atoms with E-state index in [1.165, 1.54) is 4.90 Å². The third kappa shape index (κ3) is 4.97. The predicted octanol–water partition coefficient (Wildman–Crippen LogP) is 6.84. The molecule has 9 heteroatoms. The fourth-order valence-electron chi connectivity index (χ4n) is 2.55. The lowest BCUT2D eigenvalue weighted by atomic mass is 10.2. The van der Waals surface area contributed by atoms with Crippen molar-refractivity contribution >= 4 is 97.4 Å². The van der Waals surface area contributed by atoms with Crippen molar-refractivity contribution in [3.8, 4) is 5.75 Å². The second-order valence-electron chi connectivity index (χ2n) is 5.76. The van der Waals surface area contributed by atoms with E-state index in [1.54, 1.807) is 24.3 Å². The number of carbonyl (C=O) groups excluding carboxylic acids is 2. The largest absolute Gasteiger partial charge is 0.492 e. The molecule has 2 amide bonds. The first-order valence-corrected chi connectivity index (χ1v) is 11.8. The molecule has 0 atom stereocenters. The summed E-state index contributed by atoms with van der Waals surface area (Å²) in [6, 6.07) is 8.92. The molecule has 3 rings (SSSR count). The van der Waals surface area contributed by atoms with Gasteiger partial charge in [0, 0.05) is 0 Å². The molecule has 1 aliphatic heterocycles. The van der Waals surface area contributed by atoms with Gasteiger partial charge in [0.05, 0.1) is 35.2 Å². The lowest BCUT2D eigenvalue weighted by Gasteiger charge is -2.13. The summed E-state index contributed by atoms with van der Waals surface area (Å²) >= 11 is 17.3. The third-order valence-corrected chi connectivity index (χ3v) is 7.05. The summed E-state index contributed by atoms with van der Waals surface area (Å²) in [5.41, 5.74) is 1.58. The number of carbonyl (C=O) groups is 2. The standard InChI is InChI=1S/C19H13Cl2I2NO3S/c1-2-27-17-14(22)6-11(7-15(17)23)8-16-18(25)24(19(26)28-16)9-10-3-4-12(20)13(21)5-10/h3-8H,2,9H2,1H3/b16-8-. The molecule has 0 unspecified atom stereocenters. The highest BCUT2D eigenvalue weighted by Crippen LogP contribution is 2.36. The van der Waals surface area contributed by atoms with Gasteiger partial charge in [-0.3, -0.25) is 14.5 Å². The van der Waals surface area contributed by atoms with Crippen LogP contribution in [0, 0.1) is 7.14 Å². The first-order valence-electron chi connectivity index (χ1n) is 8.11. The second-order valence-corrected chi connectivity index (χ2v) is 9.89. The summed E-state index contributed by atoms with van der Waals surface area (Å²) in [6.45, 7) is 2.67. The van der Waals surface area contributed by atoms with Gasteiger partial charge >= 0.3 is 0 Å². The molecule has 1 fully saturated rings. The number of hydrogen-bond donors (Lipinski definition) is 0. The maximum absolute atomic E-state index is 12.7. The normalized spacial score (nSPS) is 15.6. The molecule has 0 aliphatic carbocycles. The van der Waals surface area contributed by atoms with Crippen LogP contribution in [0.4, 0.5) is 4.79 Å². The van der Waals surface area contributed by atoms with Crippen LogP contribution in [0.25, 0.3) is 6.08 Å². The molecular formula is C19H13Cl2I2NO3S. The average Bonchev–Trinajstić information content (AvgIpc) is 2.89. The molecule has 0 spiro atoms. The Hall–Kier alpha value is -0.490. The van der Waals surface area contributed by atoms with Crippen molar-refractivity contribution in [3.05, 3.63) is 63.5 Å². The highest BCUT2D eigenvalue weighted by Gasteiger charge is 2.35. The van der Waals surface area contributed by atoms with E-state index >= 15 is 0 Å². The monoisotopic (exact) mass is 659 g/mol. The minimum absolute atomic E-state index is 0.150. The van der Waals surface area contributed by atoms with Gasteiger partial charge in [0.2, 0.25) is 0 Å². The lowest BCUT2D eigenvalue weighted by Crippen LogP contribution is -2.27. The van der Waals surface area contributed by atoms with Crippen molar-refractivity contribution in [2.75, 3.05) is 6.61 Å². The van der Waals surface area contributed by atoms with Gasteiger partial charge in [0.25, 0.3) is 11.1 Å². The minimum atomic E-state index is -0.319. The number of nitrogens with zero attached hydrogens (tertiary/aromatic N) is 1. The lowest BCUT2D eigenvalue weighted by molar-refractivity contribution is -0.123. The zero-order valence-electron chi connectivity index (χ0n) is 14.5. The molecule has 2 aromatic carbocycles. The van der Waals surface area contributed by atoms with Crippen molar-refractivity contribution in [2.24, 2.45) is 0 Å². The van der Waals surface area contributed by atoms with Crippen LogP contribution in [0.15, 0.2) is 35.2 Å². The van der Waals surface area contributed by atoms with E-state index in [-0.39, 0.29) is 17.7 Å². The SMILES string of the molecule is CCOc1c(I)cc(/C=C2\SC(=O)N(Cc3ccc(Cl)c(Cl)c3)C2=O)cc1I. The van der Waals surface area contributed by atoms with Crippen molar-refractivity contribution in [2.45, 2.75) is 13.5 Å². The van der Waals surface area contributed by atoms with E-state index in [0.29, 0.717) is 21.6 Å². The molecule has 0 N–H and O–H groups in total. The van der Waals surface area contributed by atoms with E-state index < -0.39 is 0 Å². The van der Waals surface area contributed by atoms with Crippen LogP contribution in [0.5, 0.6) is 5.75 Å². The summed E-state index contributed by atoms with van der Waals surface area (Å²) < 4.78 is 7.54. The molecule has 0 aromatic heterocycles. The fraction of sp³-hybridized carbons (Fsp3) is 0.158. The average molecular weight is 660 g/mol. The van der Waals surface area contributed by atoms with Crippen LogP contribution >= 0.6 is 80.1 Å². The molecular weight excluding hydrogens is 647 g/mol. The number of amides is 2. The number of rotatable bonds is 5. The highest BCUT2D eigenvalue weighted by atomic mass is 127. The Balaban J connectivity index is 1.84. The number of imide groups is 1. The zero-order chi connectivity index (χ0) is 20.4. The first kappa shape index (κ1) is 22.2. The maximum Gasteiger partial charge on any atom is 0.293 e. The predicted molar refractivity (Wildman–Crippen MR) is 131 cm³/mol. The van der Waals surface area contributed by atoms with Crippen molar-refractivity contribution in [1.82, 2.24) is 4.90 Å². The number of benzene rings is 2. The number of thioether (sulfide) groups is 1. The number of hydrogen-bond acceptors (Lipinski definition) is 4. The zero-order valence-corrected chi connectivity index (χ0v) is 21.1. The van der Waals surface area contributed by atoms with Crippen LogP contribution in [0.1, 0.15) is 18.1 Å². The summed E-state index contributed by atoms with van der Waals surface area (Å²) in [5, 5.41) is 0.511. The van der Waals surface area contributed by atoms with Gasteiger partial charge in [-0.05, 0) is 105 Å². The van der Waals surface area contributed by atoms with Crippen LogP contribution in [0.3, 0.4) is 0 Å². The minimum Gasteiger partial charge on any atom is -0.492 e. The van der Waals surface area contributed by atoms with Crippen molar-refractivity contribution in [1.29, 1.82) is 0 Å². The van der Waals surface area contributed by atoms with E-state index in [1.807, 2.05) is 19.1 Å². The fourth-order valence-corrected chi connectivity index (χ4v) is 5.84. The Labute approximate surface area is 204 Å².